The Morgan fingerprint density at radius 3 is 2.62 bits per heavy atom. The molecule has 0 unspecified atom stereocenters. The summed E-state index contributed by atoms with van der Waals surface area (Å²) in [4.78, 5) is 49.0. The highest BCUT2D eigenvalue weighted by atomic mass is 32.1. The Hall–Kier alpha value is -2.42. The Bertz CT molecular complexity index is 638. The highest BCUT2D eigenvalue weighted by Gasteiger charge is 2.28. The summed E-state index contributed by atoms with van der Waals surface area (Å²) in [5, 5.41) is 4.41. The highest BCUT2D eigenvalue weighted by Crippen LogP contribution is 2.18. The van der Waals surface area contributed by atoms with E-state index in [9.17, 15) is 19.2 Å². The molecule has 1 fully saturated rings. The number of rotatable bonds is 7. The van der Waals surface area contributed by atoms with Crippen LogP contribution in [-0.2, 0) is 23.9 Å². The second kappa shape index (κ2) is 9.91. The molecule has 0 spiro atoms. The maximum Gasteiger partial charge on any atom is 0.308 e. The Morgan fingerprint density at radius 2 is 2.00 bits per heavy atom. The first kappa shape index (κ1) is 19.9. The smallest absolute Gasteiger partial charge is 0.308 e. The van der Waals surface area contributed by atoms with E-state index in [1.165, 1.54) is 18.4 Å². The fourth-order valence-electron chi connectivity index (χ4n) is 2.61. The lowest BCUT2D eigenvalue weighted by atomic mass is 9.97. The lowest BCUT2D eigenvalue weighted by Gasteiger charge is -2.30. The minimum Gasteiger partial charge on any atom is -0.469 e. The van der Waals surface area contributed by atoms with Crippen LogP contribution in [0.2, 0.25) is 0 Å². The summed E-state index contributed by atoms with van der Waals surface area (Å²) < 4.78 is 9.66. The summed E-state index contributed by atoms with van der Waals surface area (Å²) in [7, 11) is 1.35. The molecular formula is C17H22N2O6S. The van der Waals surface area contributed by atoms with Gasteiger partial charge < -0.3 is 19.7 Å². The zero-order valence-corrected chi connectivity index (χ0v) is 15.4. The van der Waals surface area contributed by atoms with Gasteiger partial charge in [0, 0.05) is 19.6 Å². The molecule has 0 atom stereocenters. The Kier molecular flexibility index (Phi) is 7.58. The second-order valence-electron chi connectivity index (χ2n) is 5.82. The molecule has 1 aliphatic rings. The minimum atomic E-state index is -0.547. The van der Waals surface area contributed by atoms with Crippen molar-refractivity contribution in [2.24, 2.45) is 5.92 Å². The summed E-state index contributed by atoms with van der Waals surface area (Å²) in [5.41, 5.74) is 0. The molecule has 2 amide bonds. The normalized spacial score (nSPS) is 14.6. The quantitative estimate of drug-likeness (QED) is 0.701. The molecule has 0 aromatic carbocycles. The minimum absolute atomic E-state index is 0.00515. The van der Waals surface area contributed by atoms with Gasteiger partial charge in [-0.05, 0) is 24.3 Å². The van der Waals surface area contributed by atoms with Crippen LogP contribution in [0.4, 0.5) is 0 Å². The molecule has 2 heterocycles. The highest BCUT2D eigenvalue weighted by molar-refractivity contribution is 7.12. The van der Waals surface area contributed by atoms with Crippen LogP contribution >= 0.6 is 11.3 Å². The van der Waals surface area contributed by atoms with Crippen molar-refractivity contribution >= 4 is 35.1 Å². The molecule has 0 radical (unpaired) electrons. The number of piperidine rings is 1. The van der Waals surface area contributed by atoms with Gasteiger partial charge in [-0.15, -0.1) is 11.3 Å². The number of likely N-dealkylation sites (tertiary alicyclic amines) is 1. The van der Waals surface area contributed by atoms with Crippen molar-refractivity contribution in [1.29, 1.82) is 0 Å². The monoisotopic (exact) mass is 382 g/mol. The zero-order valence-electron chi connectivity index (χ0n) is 14.6. The molecule has 1 saturated heterocycles. The molecule has 1 aromatic heterocycles. The number of carbonyl (C=O) groups is 4. The van der Waals surface area contributed by atoms with Gasteiger partial charge in [-0.25, -0.2) is 0 Å². The van der Waals surface area contributed by atoms with Gasteiger partial charge in [0.2, 0.25) is 0 Å². The maximum absolute atomic E-state index is 12.1. The van der Waals surface area contributed by atoms with E-state index < -0.39 is 5.97 Å². The predicted molar refractivity (Wildman–Crippen MR) is 93.5 cm³/mol. The Balaban J connectivity index is 1.61. The van der Waals surface area contributed by atoms with Gasteiger partial charge in [-0.3, -0.25) is 19.2 Å². The second-order valence-corrected chi connectivity index (χ2v) is 6.77. The van der Waals surface area contributed by atoms with Crippen LogP contribution in [0, 0.1) is 5.92 Å². The van der Waals surface area contributed by atoms with Gasteiger partial charge in [0.05, 0.1) is 24.3 Å². The molecule has 1 aliphatic heterocycles. The molecule has 9 heteroatoms. The van der Waals surface area contributed by atoms with E-state index in [0.29, 0.717) is 30.8 Å². The van der Waals surface area contributed by atoms with Crippen molar-refractivity contribution < 1.29 is 28.7 Å². The summed E-state index contributed by atoms with van der Waals surface area (Å²) in [5.74, 6) is -1.51. The van der Waals surface area contributed by atoms with Crippen molar-refractivity contribution in [2.75, 3.05) is 33.4 Å². The van der Waals surface area contributed by atoms with Crippen LogP contribution in [-0.4, -0.2) is 62.0 Å². The third kappa shape index (κ3) is 5.83. The van der Waals surface area contributed by atoms with Crippen LogP contribution in [0.3, 0.4) is 0 Å². The number of nitrogens with zero attached hydrogens (tertiary/aromatic N) is 1. The van der Waals surface area contributed by atoms with Crippen LogP contribution in [0.5, 0.6) is 0 Å². The summed E-state index contributed by atoms with van der Waals surface area (Å²) in [6.45, 7) is 0.689. The van der Waals surface area contributed by atoms with Crippen LogP contribution in [0.15, 0.2) is 17.5 Å². The van der Waals surface area contributed by atoms with E-state index >= 15 is 0 Å². The third-order valence-electron chi connectivity index (χ3n) is 4.10. The maximum atomic E-state index is 12.1. The number of hydrogen-bond acceptors (Lipinski definition) is 7. The molecule has 1 N–H and O–H groups in total. The zero-order chi connectivity index (χ0) is 18.9. The van der Waals surface area contributed by atoms with Crippen molar-refractivity contribution in [3.05, 3.63) is 22.4 Å². The van der Waals surface area contributed by atoms with E-state index in [4.69, 9.17) is 9.47 Å². The van der Waals surface area contributed by atoms with Crippen molar-refractivity contribution in [1.82, 2.24) is 10.2 Å². The van der Waals surface area contributed by atoms with E-state index in [1.54, 1.807) is 22.4 Å². The van der Waals surface area contributed by atoms with Crippen LogP contribution in [0.1, 0.15) is 28.9 Å². The lowest BCUT2D eigenvalue weighted by molar-refractivity contribution is -0.154. The molecule has 8 nitrogen and oxygen atoms in total. The number of esters is 2. The molecule has 0 saturated carbocycles. The van der Waals surface area contributed by atoms with Gasteiger partial charge in [-0.2, -0.15) is 0 Å². The molecule has 26 heavy (non-hydrogen) atoms. The molecular weight excluding hydrogens is 360 g/mol. The molecule has 0 bridgehead atoms. The standard InChI is InChI=1S/C17H22N2O6S/c1-24-17(23)12-5-8-19(9-6-12)14(20)11-25-15(21)4-7-18-16(22)13-3-2-10-26-13/h2-3,10,12H,4-9,11H2,1H3,(H,18,22). The molecule has 142 valence electrons. The first-order valence-electron chi connectivity index (χ1n) is 8.34. The Labute approximate surface area is 155 Å². The van der Waals surface area contributed by atoms with E-state index in [1.807, 2.05) is 0 Å². The lowest BCUT2D eigenvalue weighted by Crippen LogP contribution is -2.42. The van der Waals surface area contributed by atoms with Crippen molar-refractivity contribution in [3.8, 4) is 0 Å². The molecule has 0 aliphatic carbocycles. The first-order valence-corrected chi connectivity index (χ1v) is 9.22. The number of hydrogen-bond donors (Lipinski definition) is 1. The van der Waals surface area contributed by atoms with E-state index in [-0.39, 0.29) is 43.3 Å². The molecule has 2 rings (SSSR count). The average molecular weight is 382 g/mol. The van der Waals surface area contributed by atoms with Crippen molar-refractivity contribution in [3.63, 3.8) is 0 Å². The number of nitrogens with one attached hydrogen (secondary N) is 1. The topological polar surface area (TPSA) is 102 Å². The number of methoxy groups -OCH3 is 1. The van der Waals surface area contributed by atoms with Crippen LogP contribution < -0.4 is 5.32 Å². The fraction of sp³-hybridized carbons (Fsp3) is 0.529. The summed E-state index contributed by atoms with van der Waals surface area (Å²) in [6.07, 6.45) is 1.08. The van der Waals surface area contributed by atoms with E-state index in [0.717, 1.165) is 0 Å². The van der Waals surface area contributed by atoms with Gasteiger partial charge in [0.15, 0.2) is 6.61 Å². The largest absolute Gasteiger partial charge is 0.469 e. The van der Waals surface area contributed by atoms with Gasteiger partial charge >= 0.3 is 11.9 Å². The fourth-order valence-corrected chi connectivity index (χ4v) is 3.25. The van der Waals surface area contributed by atoms with E-state index in [2.05, 4.69) is 5.32 Å². The summed E-state index contributed by atoms with van der Waals surface area (Å²) >= 11 is 1.32. The first-order chi connectivity index (χ1) is 12.5. The average Bonchev–Trinajstić information content (AvgIpc) is 3.20. The van der Waals surface area contributed by atoms with Crippen molar-refractivity contribution in [2.45, 2.75) is 19.3 Å². The summed E-state index contributed by atoms with van der Waals surface area (Å²) in [6, 6.07) is 3.47. The van der Waals surface area contributed by atoms with Gasteiger partial charge in [0.1, 0.15) is 0 Å². The van der Waals surface area contributed by atoms with Gasteiger partial charge in [-0.1, -0.05) is 6.07 Å². The predicted octanol–water partition coefficient (Wildman–Crippen LogP) is 0.823. The van der Waals surface area contributed by atoms with Gasteiger partial charge in [0.25, 0.3) is 11.8 Å². The van der Waals surface area contributed by atoms with Crippen LogP contribution in [0.25, 0.3) is 0 Å². The number of amides is 2. The molecule has 1 aromatic rings. The number of thiophene rings is 1. The number of ether oxygens (including phenoxy) is 2. The third-order valence-corrected chi connectivity index (χ3v) is 4.97. The number of carbonyl (C=O) groups excluding carboxylic acids is 4. The Morgan fingerprint density at radius 1 is 1.27 bits per heavy atom. The SMILES string of the molecule is COC(=O)C1CCN(C(=O)COC(=O)CCNC(=O)c2cccs2)CC1.